The zero-order valence-corrected chi connectivity index (χ0v) is 11.0. The molecule has 2 heterocycles. The molecular weight excluding hydrogens is 293 g/mol. The lowest BCUT2D eigenvalue weighted by Crippen LogP contribution is -2.31. The van der Waals surface area contributed by atoms with Crippen LogP contribution in [0.4, 0.5) is 5.82 Å². The molecule has 1 aliphatic rings. The van der Waals surface area contributed by atoms with Gasteiger partial charge in [-0.2, -0.15) is 4.98 Å². The minimum Gasteiger partial charge on any atom is -0.790 e. The zero-order valence-electron chi connectivity index (χ0n) is 10.1. The lowest BCUT2D eigenvalue weighted by Gasteiger charge is -2.32. The van der Waals surface area contributed by atoms with Crippen molar-refractivity contribution in [1.29, 1.82) is 0 Å². The number of aromatic nitrogens is 2. The zero-order chi connectivity index (χ0) is 14.9. The molecule has 3 atom stereocenters. The van der Waals surface area contributed by atoms with Gasteiger partial charge in [-0.1, -0.05) is 0 Å². The monoisotopic (exact) mass is 305 g/mol. The molecule has 2 rings (SSSR count). The smallest absolute Gasteiger partial charge is 0.351 e. The third-order valence-electron chi connectivity index (χ3n) is 2.79. The van der Waals surface area contributed by atoms with E-state index in [1.165, 1.54) is 12.3 Å². The fraction of sp³-hybridized carbons (Fsp3) is 0.556. The van der Waals surface area contributed by atoms with E-state index in [0.717, 1.165) is 4.57 Å². The second-order valence-corrected chi connectivity index (χ2v) is 5.29. The average molecular weight is 305 g/mol. The van der Waals surface area contributed by atoms with Crippen LogP contribution in [0.25, 0.3) is 0 Å². The number of phosphoric acid groups is 1. The predicted octanol–water partition coefficient (Wildman–Crippen LogP) is -2.68. The summed E-state index contributed by atoms with van der Waals surface area (Å²) in [4.78, 5) is 36.4. The van der Waals surface area contributed by atoms with E-state index >= 15 is 0 Å². The van der Waals surface area contributed by atoms with Crippen LogP contribution < -0.4 is 21.2 Å². The van der Waals surface area contributed by atoms with Gasteiger partial charge in [0.1, 0.15) is 18.1 Å². The Kier molecular flexibility index (Phi) is 4.23. The van der Waals surface area contributed by atoms with E-state index < -0.39 is 38.6 Å². The summed E-state index contributed by atoms with van der Waals surface area (Å²) in [6.45, 7) is -0.557. The number of aliphatic hydroxyl groups excluding tert-OH is 1. The molecule has 1 aliphatic heterocycles. The summed E-state index contributed by atoms with van der Waals surface area (Å²) < 4.78 is 21.3. The van der Waals surface area contributed by atoms with Gasteiger partial charge in [0.05, 0.1) is 20.5 Å². The van der Waals surface area contributed by atoms with Crippen LogP contribution in [0.5, 0.6) is 0 Å². The molecule has 10 nitrogen and oxygen atoms in total. The van der Waals surface area contributed by atoms with Crippen LogP contribution in [-0.4, -0.2) is 33.5 Å². The van der Waals surface area contributed by atoms with E-state index in [2.05, 4.69) is 9.51 Å². The van der Waals surface area contributed by atoms with E-state index in [1.54, 1.807) is 0 Å². The number of hydrogen-bond acceptors (Lipinski definition) is 9. The molecule has 0 saturated carbocycles. The third kappa shape index (κ3) is 3.42. The van der Waals surface area contributed by atoms with Crippen LogP contribution in [-0.2, 0) is 13.8 Å². The van der Waals surface area contributed by atoms with Gasteiger partial charge in [0.15, 0.2) is 0 Å². The Labute approximate surface area is 113 Å². The fourth-order valence-corrected chi connectivity index (χ4v) is 2.51. The van der Waals surface area contributed by atoms with Crippen molar-refractivity contribution < 1.29 is 28.7 Å². The third-order valence-corrected chi connectivity index (χ3v) is 3.32. The van der Waals surface area contributed by atoms with Gasteiger partial charge in [-0.05, 0) is 6.07 Å². The van der Waals surface area contributed by atoms with Crippen LogP contribution >= 0.6 is 7.82 Å². The van der Waals surface area contributed by atoms with Gasteiger partial charge in [0.2, 0.25) is 0 Å². The molecule has 1 aromatic rings. The SMILES string of the molecule is Nc1ccn([C@H]2CC(OP(=O)([O-])[O-])[C@@H](CO)O2)c(=O)n1. The highest BCUT2D eigenvalue weighted by atomic mass is 31.2. The number of nitrogens with zero attached hydrogens (tertiary/aromatic N) is 2. The minimum absolute atomic E-state index is 0.0272. The quantitative estimate of drug-likeness (QED) is 0.564. The van der Waals surface area contributed by atoms with Gasteiger partial charge in [0.25, 0.3) is 0 Å². The Hall–Kier alpha value is -1.29. The molecule has 112 valence electrons. The summed E-state index contributed by atoms with van der Waals surface area (Å²) in [5.74, 6) is 0.0272. The first-order valence-corrected chi connectivity index (χ1v) is 7.07. The van der Waals surface area contributed by atoms with Crippen LogP contribution in [0.1, 0.15) is 12.6 Å². The van der Waals surface area contributed by atoms with Crippen LogP contribution in [0, 0.1) is 0 Å². The van der Waals surface area contributed by atoms with Crippen LogP contribution in [0.15, 0.2) is 17.1 Å². The van der Waals surface area contributed by atoms with E-state index in [0.29, 0.717) is 0 Å². The number of ether oxygens (including phenoxy) is 1. The molecule has 1 fully saturated rings. The lowest BCUT2D eigenvalue weighted by molar-refractivity contribution is -0.345. The van der Waals surface area contributed by atoms with Crippen LogP contribution in [0.3, 0.4) is 0 Å². The van der Waals surface area contributed by atoms with Crippen molar-refractivity contribution in [3.05, 3.63) is 22.7 Å². The summed E-state index contributed by atoms with van der Waals surface area (Å²) in [5.41, 5.74) is 4.65. The highest BCUT2D eigenvalue weighted by Gasteiger charge is 2.37. The Bertz CT molecular complexity index is 585. The second-order valence-electron chi connectivity index (χ2n) is 4.18. The Morgan fingerprint density at radius 2 is 2.35 bits per heavy atom. The maximum Gasteiger partial charge on any atom is 0.351 e. The molecule has 0 aliphatic carbocycles. The summed E-state index contributed by atoms with van der Waals surface area (Å²) in [7, 11) is -5.22. The van der Waals surface area contributed by atoms with Crippen molar-refractivity contribution in [3.8, 4) is 0 Å². The fourth-order valence-electron chi connectivity index (χ4n) is 1.96. The predicted molar refractivity (Wildman–Crippen MR) is 61.0 cm³/mol. The first-order valence-electron chi connectivity index (χ1n) is 5.61. The molecule has 0 aromatic carbocycles. The summed E-state index contributed by atoms with van der Waals surface area (Å²) in [5, 5.41) is 9.09. The van der Waals surface area contributed by atoms with Gasteiger partial charge in [0, 0.05) is 12.6 Å². The molecule has 1 aromatic heterocycles. The standard InChI is InChI=1S/C9H14N3O7P/c10-7-1-2-12(9(14)11-7)8-3-5(6(4-13)18-8)19-20(15,16)17/h1-2,5-6,8,13H,3-4H2,(H2,10,11,14)(H2,15,16,17)/p-2/t5?,6-,8-/m1/s1. The Morgan fingerprint density at radius 1 is 1.65 bits per heavy atom. The van der Waals surface area contributed by atoms with Crippen molar-refractivity contribution in [2.75, 3.05) is 12.3 Å². The highest BCUT2D eigenvalue weighted by Crippen LogP contribution is 2.37. The first-order chi connectivity index (χ1) is 9.30. The summed E-state index contributed by atoms with van der Waals surface area (Å²) in [6.07, 6.45) is -1.86. The molecule has 0 radical (unpaired) electrons. The highest BCUT2D eigenvalue weighted by molar-refractivity contribution is 7.43. The number of rotatable bonds is 4. The maximum absolute atomic E-state index is 11.6. The van der Waals surface area contributed by atoms with Gasteiger partial charge < -0.3 is 34.5 Å². The molecule has 11 heteroatoms. The number of anilines is 1. The number of nitrogens with two attached hydrogens (primary N) is 1. The van der Waals surface area contributed by atoms with E-state index in [1.807, 2.05) is 0 Å². The minimum atomic E-state index is -5.22. The molecule has 0 bridgehead atoms. The molecule has 1 saturated heterocycles. The molecule has 0 amide bonds. The number of phosphoric ester groups is 1. The molecule has 3 N–H and O–H groups in total. The molecular formula is C9H12N3O7P-2. The maximum atomic E-state index is 11.6. The topological polar surface area (TPSA) is 163 Å². The van der Waals surface area contributed by atoms with E-state index in [-0.39, 0.29) is 12.2 Å². The molecule has 1 unspecified atom stereocenters. The average Bonchev–Trinajstić information content (AvgIpc) is 2.69. The Balaban J connectivity index is 2.20. The number of hydrogen-bond donors (Lipinski definition) is 2. The van der Waals surface area contributed by atoms with Crippen molar-refractivity contribution in [1.82, 2.24) is 9.55 Å². The van der Waals surface area contributed by atoms with Gasteiger partial charge in [-0.15, -0.1) is 0 Å². The van der Waals surface area contributed by atoms with Crippen molar-refractivity contribution >= 4 is 13.6 Å². The molecule has 20 heavy (non-hydrogen) atoms. The van der Waals surface area contributed by atoms with E-state index in [4.69, 9.17) is 15.6 Å². The van der Waals surface area contributed by atoms with Crippen molar-refractivity contribution in [3.63, 3.8) is 0 Å². The first kappa shape index (κ1) is 15.1. The second kappa shape index (κ2) is 5.60. The van der Waals surface area contributed by atoms with Gasteiger partial charge >= 0.3 is 5.69 Å². The largest absolute Gasteiger partial charge is 0.790 e. The van der Waals surface area contributed by atoms with Gasteiger partial charge in [-0.25, -0.2) is 4.79 Å². The summed E-state index contributed by atoms with van der Waals surface area (Å²) >= 11 is 0. The molecule has 0 spiro atoms. The Morgan fingerprint density at radius 3 is 2.90 bits per heavy atom. The van der Waals surface area contributed by atoms with E-state index in [9.17, 15) is 19.1 Å². The number of aliphatic hydroxyl groups is 1. The van der Waals surface area contributed by atoms with Crippen LogP contribution in [0.2, 0.25) is 0 Å². The normalized spacial score (nSPS) is 26.9. The number of nitrogen functional groups attached to an aromatic ring is 1. The lowest BCUT2D eigenvalue weighted by atomic mass is 10.2. The van der Waals surface area contributed by atoms with Crippen molar-refractivity contribution in [2.24, 2.45) is 0 Å². The van der Waals surface area contributed by atoms with Crippen molar-refractivity contribution in [2.45, 2.75) is 24.9 Å². The summed E-state index contributed by atoms with van der Waals surface area (Å²) in [6, 6.07) is 1.36. The van der Waals surface area contributed by atoms with Gasteiger partial charge in [-0.3, -0.25) is 4.57 Å².